The molecule has 0 saturated carbocycles. The van der Waals surface area contributed by atoms with E-state index in [-0.39, 0.29) is 12.5 Å². The van der Waals surface area contributed by atoms with Gasteiger partial charge in [0, 0.05) is 13.0 Å². The van der Waals surface area contributed by atoms with Gasteiger partial charge in [-0.2, -0.15) is 0 Å². The van der Waals surface area contributed by atoms with E-state index in [1.807, 2.05) is 30.3 Å². The SMILES string of the molecule is Cc1cc(C)cc(CCC(=O)NCC(O)c2ccccc2)c1. The lowest BCUT2D eigenvalue weighted by atomic mass is 10.0. The monoisotopic (exact) mass is 297 g/mol. The van der Waals surface area contributed by atoms with E-state index in [1.165, 1.54) is 16.7 Å². The molecule has 0 aromatic heterocycles. The van der Waals surface area contributed by atoms with Gasteiger partial charge in [-0.25, -0.2) is 0 Å². The Morgan fingerprint density at radius 3 is 2.36 bits per heavy atom. The van der Waals surface area contributed by atoms with Gasteiger partial charge in [0.1, 0.15) is 0 Å². The minimum Gasteiger partial charge on any atom is -0.387 e. The smallest absolute Gasteiger partial charge is 0.220 e. The van der Waals surface area contributed by atoms with Gasteiger partial charge < -0.3 is 10.4 Å². The molecule has 0 bridgehead atoms. The number of carbonyl (C=O) groups is 1. The molecule has 0 radical (unpaired) electrons. The Morgan fingerprint density at radius 2 is 1.73 bits per heavy atom. The molecule has 0 heterocycles. The molecule has 2 aromatic carbocycles. The van der Waals surface area contributed by atoms with Crippen molar-refractivity contribution in [2.75, 3.05) is 6.54 Å². The fourth-order valence-corrected chi connectivity index (χ4v) is 2.56. The van der Waals surface area contributed by atoms with Gasteiger partial charge in [0.05, 0.1) is 6.10 Å². The van der Waals surface area contributed by atoms with Crippen LogP contribution in [0.4, 0.5) is 0 Å². The average molecular weight is 297 g/mol. The zero-order valence-corrected chi connectivity index (χ0v) is 13.2. The molecule has 0 fully saturated rings. The Balaban J connectivity index is 1.78. The van der Waals surface area contributed by atoms with Gasteiger partial charge in [0.15, 0.2) is 0 Å². The molecular weight excluding hydrogens is 274 g/mol. The zero-order valence-electron chi connectivity index (χ0n) is 13.2. The largest absolute Gasteiger partial charge is 0.387 e. The number of benzene rings is 2. The maximum atomic E-state index is 11.9. The first-order valence-electron chi connectivity index (χ1n) is 7.61. The molecule has 116 valence electrons. The van der Waals surface area contributed by atoms with Crippen molar-refractivity contribution >= 4 is 5.91 Å². The number of hydrogen-bond acceptors (Lipinski definition) is 2. The first kappa shape index (κ1) is 16.2. The summed E-state index contributed by atoms with van der Waals surface area (Å²) >= 11 is 0. The molecule has 1 unspecified atom stereocenters. The molecule has 0 saturated heterocycles. The van der Waals surface area contributed by atoms with E-state index >= 15 is 0 Å². The Hall–Kier alpha value is -2.13. The van der Waals surface area contributed by atoms with Crippen LogP contribution in [-0.2, 0) is 11.2 Å². The maximum Gasteiger partial charge on any atom is 0.220 e. The van der Waals surface area contributed by atoms with Crippen LogP contribution in [0.3, 0.4) is 0 Å². The van der Waals surface area contributed by atoms with Gasteiger partial charge in [-0.3, -0.25) is 4.79 Å². The summed E-state index contributed by atoms with van der Waals surface area (Å²) in [5, 5.41) is 12.8. The quantitative estimate of drug-likeness (QED) is 0.861. The van der Waals surface area contributed by atoms with Crippen LogP contribution in [0.2, 0.25) is 0 Å². The number of aliphatic hydroxyl groups is 1. The average Bonchev–Trinajstić information content (AvgIpc) is 2.50. The minimum absolute atomic E-state index is 0.0332. The highest BCUT2D eigenvalue weighted by atomic mass is 16.3. The number of nitrogens with one attached hydrogen (secondary N) is 1. The zero-order chi connectivity index (χ0) is 15.9. The molecular formula is C19H23NO2. The van der Waals surface area contributed by atoms with Gasteiger partial charge in [-0.15, -0.1) is 0 Å². The first-order chi connectivity index (χ1) is 10.5. The summed E-state index contributed by atoms with van der Waals surface area (Å²) in [6, 6.07) is 15.7. The second-order valence-corrected chi connectivity index (χ2v) is 5.73. The molecule has 3 nitrogen and oxygen atoms in total. The van der Waals surface area contributed by atoms with E-state index in [1.54, 1.807) is 0 Å². The highest BCUT2D eigenvalue weighted by Gasteiger charge is 2.09. The second kappa shape index (κ2) is 7.76. The van der Waals surface area contributed by atoms with Crippen LogP contribution in [0.1, 0.15) is 34.8 Å². The molecule has 0 aliphatic carbocycles. The normalized spacial score (nSPS) is 12.0. The van der Waals surface area contributed by atoms with Gasteiger partial charge >= 0.3 is 0 Å². The van der Waals surface area contributed by atoms with E-state index in [0.29, 0.717) is 6.42 Å². The number of aliphatic hydroxyl groups excluding tert-OH is 1. The van der Waals surface area contributed by atoms with Crippen molar-refractivity contribution in [1.82, 2.24) is 5.32 Å². The number of hydrogen-bond donors (Lipinski definition) is 2. The van der Waals surface area contributed by atoms with E-state index < -0.39 is 6.10 Å². The van der Waals surface area contributed by atoms with E-state index in [9.17, 15) is 9.90 Å². The number of carbonyl (C=O) groups excluding carboxylic acids is 1. The Morgan fingerprint density at radius 1 is 1.09 bits per heavy atom. The van der Waals surface area contributed by atoms with Crippen molar-refractivity contribution in [1.29, 1.82) is 0 Å². The molecule has 0 aliphatic heterocycles. The third kappa shape index (κ3) is 5.01. The third-order valence-corrected chi connectivity index (χ3v) is 3.60. The summed E-state index contributed by atoms with van der Waals surface area (Å²) in [5.41, 5.74) is 4.43. The number of rotatable bonds is 6. The van der Waals surface area contributed by atoms with Gasteiger partial charge in [-0.1, -0.05) is 59.7 Å². The van der Waals surface area contributed by atoms with Crippen LogP contribution < -0.4 is 5.32 Å². The lowest BCUT2D eigenvalue weighted by molar-refractivity contribution is -0.121. The lowest BCUT2D eigenvalue weighted by Crippen LogP contribution is -2.28. The second-order valence-electron chi connectivity index (χ2n) is 5.73. The summed E-state index contributed by atoms with van der Waals surface area (Å²) in [7, 11) is 0. The molecule has 2 aromatic rings. The van der Waals surface area contributed by atoms with Crippen LogP contribution in [0.25, 0.3) is 0 Å². The van der Waals surface area contributed by atoms with Crippen molar-refractivity contribution < 1.29 is 9.90 Å². The minimum atomic E-state index is -0.661. The summed E-state index contributed by atoms with van der Waals surface area (Å²) in [5.74, 6) is -0.0332. The molecule has 2 rings (SSSR count). The summed E-state index contributed by atoms with van der Waals surface area (Å²) in [4.78, 5) is 11.9. The third-order valence-electron chi connectivity index (χ3n) is 3.60. The fraction of sp³-hybridized carbons (Fsp3) is 0.316. The summed E-state index contributed by atoms with van der Waals surface area (Å²) < 4.78 is 0. The maximum absolute atomic E-state index is 11.9. The molecule has 1 amide bonds. The highest BCUT2D eigenvalue weighted by Crippen LogP contribution is 2.12. The van der Waals surface area contributed by atoms with Gasteiger partial charge in [-0.05, 0) is 31.4 Å². The van der Waals surface area contributed by atoms with Crippen molar-refractivity contribution in [3.63, 3.8) is 0 Å². The predicted molar refractivity (Wildman–Crippen MR) is 88.6 cm³/mol. The van der Waals surface area contributed by atoms with E-state index in [4.69, 9.17) is 0 Å². The van der Waals surface area contributed by atoms with Crippen LogP contribution in [0.15, 0.2) is 48.5 Å². The van der Waals surface area contributed by atoms with Crippen molar-refractivity contribution in [2.24, 2.45) is 0 Å². The van der Waals surface area contributed by atoms with Gasteiger partial charge in [0.25, 0.3) is 0 Å². The highest BCUT2D eigenvalue weighted by molar-refractivity contribution is 5.76. The standard InChI is InChI=1S/C19H23NO2/c1-14-10-15(2)12-16(11-14)8-9-19(22)20-13-18(21)17-6-4-3-5-7-17/h3-7,10-12,18,21H,8-9,13H2,1-2H3,(H,20,22). The van der Waals surface area contributed by atoms with Crippen molar-refractivity contribution in [3.8, 4) is 0 Å². The predicted octanol–water partition coefficient (Wildman–Crippen LogP) is 3.09. The number of amides is 1. The van der Waals surface area contributed by atoms with Crippen LogP contribution in [-0.4, -0.2) is 17.6 Å². The van der Waals surface area contributed by atoms with Crippen molar-refractivity contribution in [3.05, 3.63) is 70.8 Å². The van der Waals surface area contributed by atoms with Crippen LogP contribution in [0, 0.1) is 13.8 Å². The topological polar surface area (TPSA) is 49.3 Å². The van der Waals surface area contributed by atoms with Crippen LogP contribution in [0.5, 0.6) is 0 Å². The molecule has 0 aliphatic rings. The van der Waals surface area contributed by atoms with Gasteiger partial charge in [0.2, 0.25) is 5.91 Å². The number of aryl methyl sites for hydroxylation is 3. The summed E-state index contributed by atoms with van der Waals surface area (Å²) in [6.07, 6.45) is 0.492. The molecule has 3 heteroatoms. The molecule has 1 atom stereocenters. The molecule has 2 N–H and O–H groups in total. The Bertz CT molecular complexity index is 602. The Kier molecular flexibility index (Phi) is 5.73. The molecule has 22 heavy (non-hydrogen) atoms. The van der Waals surface area contributed by atoms with Crippen LogP contribution >= 0.6 is 0 Å². The molecule has 0 spiro atoms. The van der Waals surface area contributed by atoms with Crippen molar-refractivity contribution in [2.45, 2.75) is 32.8 Å². The summed E-state index contributed by atoms with van der Waals surface area (Å²) in [6.45, 7) is 4.37. The van der Waals surface area contributed by atoms with E-state index in [2.05, 4.69) is 37.4 Å². The Labute approximate surface area is 132 Å². The first-order valence-corrected chi connectivity index (χ1v) is 7.61. The van der Waals surface area contributed by atoms with E-state index in [0.717, 1.165) is 12.0 Å². The lowest BCUT2D eigenvalue weighted by Gasteiger charge is -2.12. The fourth-order valence-electron chi connectivity index (χ4n) is 2.56.